The molecule has 7 nitrogen and oxygen atoms in total. The average Bonchev–Trinajstić information content (AvgIpc) is 2.67. The number of nitrogens with one attached hydrogen (secondary N) is 1. The summed E-state index contributed by atoms with van der Waals surface area (Å²) < 4.78 is 30.9. The molecule has 0 aromatic carbocycles. The van der Waals surface area contributed by atoms with E-state index in [1.54, 1.807) is 0 Å². The van der Waals surface area contributed by atoms with Crippen molar-refractivity contribution < 1.29 is 28.2 Å². The van der Waals surface area contributed by atoms with Crippen molar-refractivity contribution in [2.75, 3.05) is 13.2 Å². The molecule has 1 aliphatic heterocycles. The maximum Gasteiger partial charge on any atom is 0.356 e. The number of halogens is 2. The maximum atomic E-state index is 12.7. The molecule has 1 aromatic heterocycles. The zero-order valence-corrected chi connectivity index (χ0v) is 9.68. The van der Waals surface area contributed by atoms with Gasteiger partial charge in [-0.25, -0.2) is 13.6 Å². The highest BCUT2D eigenvalue weighted by atomic mass is 19.3. The molecule has 1 fully saturated rings. The van der Waals surface area contributed by atoms with Crippen LogP contribution in [0.1, 0.15) is 22.6 Å². The van der Waals surface area contributed by atoms with E-state index >= 15 is 0 Å². The summed E-state index contributed by atoms with van der Waals surface area (Å²) in [5.41, 5.74) is -1.12. The molecule has 1 saturated heterocycles. The van der Waals surface area contributed by atoms with Crippen LogP contribution in [-0.2, 0) is 16.1 Å². The fourth-order valence-corrected chi connectivity index (χ4v) is 1.57. The number of carbonyl (C=O) groups excluding carboxylic acids is 1. The summed E-state index contributed by atoms with van der Waals surface area (Å²) in [6.07, 6.45) is -2.90. The van der Waals surface area contributed by atoms with Crippen LogP contribution in [0.2, 0.25) is 0 Å². The molecule has 1 aromatic rings. The van der Waals surface area contributed by atoms with Gasteiger partial charge >= 0.3 is 5.97 Å². The molecule has 0 saturated carbocycles. The number of carboxylic acids is 1. The normalized spacial score (nSPS) is 15.3. The van der Waals surface area contributed by atoms with Crippen molar-refractivity contribution >= 4 is 11.9 Å². The van der Waals surface area contributed by atoms with Gasteiger partial charge < -0.3 is 15.2 Å². The van der Waals surface area contributed by atoms with Crippen LogP contribution >= 0.6 is 0 Å². The van der Waals surface area contributed by atoms with Crippen LogP contribution in [0.25, 0.3) is 0 Å². The lowest BCUT2D eigenvalue weighted by Gasteiger charge is -2.26. The Balaban J connectivity index is 2.08. The van der Waals surface area contributed by atoms with Gasteiger partial charge in [0.15, 0.2) is 5.69 Å². The van der Waals surface area contributed by atoms with Crippen LogP contribution in [-0.4, -0.2) is 46.0 Å². The van der Waals surface area contributed by atoms with Crippen LogP contribution in [0.3, 0.4) is 0 Å². The SMILES string of the molecule is O=C(Cn1nc(C(=O)O)cc1C(F)F)NC1COC1. The van der Waals surface area contributed by atoms with E-state index in [0.717, 1.165) is 6.07 Å². The molecule has 104 valence electrons. The van der Waals surface area contributed by atoms with E-state index in [1.807, 2.05) is 0 Å². The number of nitrogens with zero attached hydrogens (tertiary/aromatic N) is 2. The highest BCUT2D eigenvalue weighted by Crippen LogP contribution is 2.19. The number of rotatable bonds is 5. The Morgan fingerprint density at radius 2 is 2.26 bits per heavy atom. The van der Waals surface area contributed by atoms with Gasteiger partial charge in [0.1, 0.15) is 12.2 Å². The van der Waals surface area contributed by atoms with Crippen molar-refractivity contribution in [3.05, 3.63) is 17.5 Å². The molecule has 9 heteroatoms. The lowest BCUT2D eigenvalue weighted by atomic mass is 10.2. The van der Waals surface area contributed by atoms with Crippen molar-refractivity contribution in [2.45, 2.75) is 19.0 Å². The molecule has 0 bridgehead atoms. The van der Waals surface area contributed by atoms with E-state index in [9.17, 15) is 18.4 Å². The fraction of sp³-hybridized carbons (Fsp3) is 0.500. The van der Waals surface area contributed by atoms with E-state index in [1.165, 1.54) is 0 Å². The van der Waals surface area contributed by atoms with E-state index in [-0.39, 0.29) is 6.04 Å². The largest absolute Gasteiger partial charge is 0.476 e. The number of carbonyl (C=O) groups is 2. The highest BCUT2D eigenvalue weighted by Gasteiger charge is 2.24. The van der Waals surface area contributed by atoms with Gasteiger partial charge in [-0.3, -0.25) is 9.48 Å². The number of amides is 1. The van der Waals surface area contributed by atoms with Crippen molar-refractivity contribution in [1.82, 2.24) is 15.1 Å². The third-order valence-electron chi connectivity index (χ3n) is 2.55. The third kappa shape index (κ3) is 3.05. The number of aromatic nitrogens is 2. The molecule has 1 amide bonds. The molecule has 0 atom stereocenters. The summed E-state index contributed by atoms with van der Waals surface area (Å²) in [7, 11) is 0. The smallest absolute Gasteiger partial charge is 0.356 e. The summed E-state index contributed by atoms with van der Waals surface area (Å²) in [5, 5.41) is 14.7. The molecular formula is C10H11F2N3O4. The van der Waals surface area contributed by atoms with Gasteiger partial charge in [-0.1, -0.05) is 0 Å². The molecule has 2 rings (SSSR count). The zero-order chi connectivity index (χ0) is 14.0. The second-order valence-electron chi connectivity index (χ2n) is 4.02. The molecule has 0 unspecified atom stereocenters. The summed E-state index contributed by atoms with van der Waals surface area (Å²) in [4.78, 5) is 22.2. The second kappa shape index (κ2) is 5.31. The minimum absolute atomic E-state index is 0.128. The monoisotopic (exact) mass is 275 g/mol. The first-order valence-corrected chi connectivity index (χ1v) is 5.43. The Hall–Kier alpha value is -2.03. The Bertz CT molecular complexity index is 499. The molecule has 2 N–H and O–H groups in total. The van der Waals surface area contributed by atoms with Crippen molar-refractivity contribution in [1.29, 1.82) is 0 Å². The summed E-state index contributed by atoms with van der Waals surface area (Å²) in [5.74, 6) is -1.94. The number of alkyl halides is 2. The Morgan fingerprint density at radius 3 is 2.74 bits per heavy atom. The summed E-state index contributed by atoms with van der Waals surface area (Å²) >= 11 is 0. The van der Waals surface area contributed by atoms with Gasteiger partial charge in [-0.15, -0.1) is 0 Å². The van der Waals surface area contributed by atoms with Crippen LogP contribution in [0.5, 0.6) is 0 Å². The zero-order valence-electron chi connectivity index (χ0n) is 9.68. The lowest BCUT2D eigenvalue weighted by Crippen LogP contribution is -2.49. The van der Waals surface area contributed by atoms with Crippen LogP contribution in [0, 0.1) is 0 Å². The first kappa shape index (κ1) is 13.4. The highest BCUT2D eigenvalue weighted by molar-refractivity contribution is 5.85. The van der Waals surface area contributed by atoms with Gasteiger partial charge in [-0.2, -0.15) is 5.10 Å². The Kier molecular flexibility index (Phi) is 3.74. The number of hydrogen-bond acceptors (Lipinski definition) is 4. The second-order valence-corrected chi connectivity index (χ2v) is 4.02. The van der Waals surface area contributed by atoms with Gasteiger partial charge in [0.25, 0.3) is 6.43 Å². The Morgan fingerprint density at radius 1 is 1.58 bits per heavy atom. The Labute approximate surface area is 106 Å². The molecule has 0 aliphatic carbocycles. The standard InChI is InChI=1S/C10H11F2N3O4/c11-9(12)7-1-6(10(17)18)14-15(7)2-8(16)13-5-3-19-4-5/h1,5,9H,2-4H2,(H,13,16)(H,17,18). The van der Waals surface area contributed by atoms with Gasteiger partial charge in [0, 0.05) is 6.07 Å². The molecular weight excluding hydrogens is 264 g/mol. The predicted octanol–water partition coefficient (Wildman–Crippen LogP) is 0.0339. The number of aromatic carboxylic acids is 1. The van der Waals surface area contributed by atoms with E-state index in [0.29, 0.717) is 17.9 Å². The first-order valence-electron chi connectivity index (χ1n) is 5.43. The minimum Gasteiger partial charge on any atom is -0.476 e. The van der Waals surface area contributed by atoms with Crippen LogP contribution in [0.15, 0.2) is 6.07 Å². The van der Waals surface area contributed by atoms with Crippen LogP contribution < -0.4 is 5.32 Å². The van der Waals surface area contributed by atoms with Crippen molar-refractivity contribution in [2.24, 2.45) is 0 Å². The molecule has 1 aliphatic rings. The summed E-state index contributed by atoms with van der Waals surface area (Å²) in [6, 6.07) is 0.629. The predicted molar refractivity (Wildman–Crippen MR) is 56.9 cm³/mol. The van der Waals surface area contributed by atoms with Crippen molar-refractivity contribution in [3.8, 4) is 0 Å². The minimum atomic E-state index is -2.90. The van der Waals surface area contributed by atoms with Gasteiger partial charge in [0.2, 0.25) is 5.91 Å². The number of carboxylic acid groups (broad SMARTS) is 1. The maximum absolute atomic E-state index is 12.7. The molecule has 19 heavy (non-hydrogen) atoms. The van der Waals surface area contributed by atoms with Crippen LogP contribution in [0.4, 0.5) is 8.78 Å². The van der Waals surface area contributed by atoms with Gasteiger partial charge in [-0.05, 0) is 0 Å². The van der Waals surface area contributed by atoms with E-state index in [4.69, 9.17) is 9.84 Å². The van der Waals surface area contributed by atoms with E-state index < -0.39 is 36.2 Å². The third-order valence-corrected chi connectivity index (χ3v) is 2.55. The van der Waals surface area contributed by atoms with E-state index in [2.05, 4.69) is 10.4 Å². The van der Waals surface area contributed by atoms with Gasteiger partial charge in [0.05, 0.1) is 19.3 Å². The number of ether oxygens (including phenoxy) is 1. The first-order chi connectivity index (χ1) is 8.97. The topological polar surface area (TPSA) is 93.5 Å². The average molecular weight is 275 g/mol. The molecule has 0 radical (unpaired) electrons. The summed E-state index contributed by atoms with van der Waals surface area (Å²) in [6.45, 7) is 0.309. The number of hydrogen-bond donors (Lipinski definition) is 2. The molecule has 0 spiro atoms. The fourth-order valence-electron chi connectivity index (χ4n) is 1.57. The quantitative estimate of drug-likeness (QED) is 0.791. The van der Waals surface area contributed by atoms with Crippen molar-refractivity contribution in [3.63, 3.8) is 0 Å². The lowest BCUT2D eigenvalue weighted by molar-refractivity contribution is -0.126. The molecule has 2 heterocycles.